The molecule has 2 heterocycles. The number of nitrogens with one attached hydrogen (secondary N) is 2. The first-order valence-corrected chi connectivity index (χ1v) is 9.63. The topological polar surface area (TPSA) is 59.3 Å². The Bertz CT molecular complexity index is 1100. The van der Waals surface area contributed by atoms with Gasteiger partial charge in [-0.2, -0.15) is 0 Å². The summed E-state index contributed by atoms with van der Waals surface area (Å²) in [6, 6.07) is 19.4. The van der Waals surface area contributed by atoms with Crippen molar-refractivity contribution >= 4 is 28.3 Å². The van der Waals surface area contributed by atoms with Gasteiger partial charge in [0.15, 0.2) is 0 Å². The zero-order valence-corrected chi connectivity index (χ0v) is 16.2. The van der Waals surface area contributed by atoms with E-state index in [1.54, 1.807) is 6.20 Å². The number of anilines is 1. The molecule has 0 aliphatic rings. The number of rotatable bonds is 5. The summed E-state index contributed by atoms with van der Waals surface area (Å²) in [5.74, 6) is 0.969. The van der Waals surface area contributed by atoms with E-state index >= 15 is 0 Å². The summed E-state index contributed by atoms with van der Waals surface area (Å²) < 4.78 is 0. The van der Waals surface area contributed by atoms with Crippen LogP contribution in [-0.2, 0) is 6.42 Å². The first kappa shape index (κ1) is 18.3. The molecule has 0 saturated carbocycles. The minimum atomic E-state index is -0.298. The minimum absolute atomic E-state index is 0.132. The van der Waals surface area contributed by atoms with Gasteiger partial charge in [-0.1, -0.05) is 48.9 Å². The number of benzene rings is 2. The lowest BCUT2D eigenvalue weighted by Gasteiger charge is -2.18. The number of aromatic nitrogens is 2. The molecule has 28 heavy (non-hydrogen) atoms. The predicted octanol–water partition coefficient (Wildman–Crippen LogP) is 5.17. The van der Waals surface area contributed by atoms with Crippen molar-refractivity contribution in [2.75, 3.05) is 5.32 Å². The Hall–Kier alpha value is -3.11. The molecule has 4 nitrogen and oxygen atoms in total. The average Bonchev–Trinajstić information content (AvgIpc) is 2.76. The lowest BCUT2D eigenvalue weighted by atomic mass is 9.95. The maximum atomic E-state index is 11.0. The van der Waals surface area contributed by atoms with Crippen LogP contribution < -0.4 is 10.3 Å². The molecule has 0 radical (unpaired) electrons. The Kier molecular flexibility index (Phi) is 5.13. The Morgan fingerprint density at radius 1 is 1.11 bits per heavy atom. The number of aryl methyl sites for hydroxylation is 1. The number of H-pyrrole nitrogens is 1. The molecule has 140 valence electrons. The third-order valence-corrected chi connectivity index (χ3v) is 5.20. The van der Waals surface area contributed by atoms with Gasteiger partial charge in [-0.3, -0.25) is 10.3 Å². The van der Waals surface area contributed by atoms with Gasteiger partial charge in [0.2, 0.25) is 0 Å². The molecule has 4 aromatic rings. The fraction of sp³-hybridized carbons (Fsp3) is 0.130. The van der Waals surface area contributed by atoms with Crippen molar-refractivity contribution in [3.63, 3.8) is 0 Å². The maximum absolute atomic E-state index is 11.0. The molecule has 0 saturated heterocycles. The van der Waals surface area contributed by atoms with E-state index in [0.717, 1.165) is 23.2 Å². The number of pyridine rings is 2. The van der Waals surface area contributed by atoms with Crippen LogP contribution >= 0.6 is 11.6 Å². The van der Waals surface area contributed by atoms with Gasteiger partial charge in [0.1, 0.15) is 17.3 Å². The first-order chi connectivity index (χ1) is 13.7. The number of aromatic hydroxyl groups is 1. The van der Waals surface area contributed by atoms with Crippen LogP contribution in [0.5, 0.6) is 5.75 Å². The number of phenols is 1. The standard InChI is InChI=1S/C23H20ClN3O/c1-2-15-8-10-16(11-9-15)21(27-20-7-3-4-12-25-20)18-14-19(24)17-6-5-13-26-22(17)23(18)28/h3-14,21,28H,2H2,1H3,(H,25,27)/p+1/t21-/m0/s1. The molecule has 3 N–H and O–H groups in total. The highest BCUT2D eigenvalue weighted by Crippen LogP contribution is 2.39. The molecule has 0 fully saturated rings. The lowest BCUT2D eigenvalue weighted by molar-refractivity contribution is -0.361. The van der Waals surface area contributed by atoms with Crippen LogP contribution in [0.4, 0.5) is 5.82 Å². The monoisotopic (exact) mass is 390 g/mol. The van der Waals surface area contributed by atoms with E-state index in [4.69, 9.17) is 11.6 Å². The van der Waals surface area contributed by atoms with E-state index in [1.807, 2.05) is 42.6 Å². The summed E-state index contributed by atoms with van der Waals surface area (Å²) in [7, 11) is 0. The number of hydrogen-bond acceptors (Lipinski definition) is 3. The van der Waals surface area contributed by atoms with Crippen LogP contribution in [0.2, 0.25) is 5.02 Å². The summed E-state index contributed by atoms with van der Waals surface area (Å²) in [4.78, 5) is 7.53. The molecular formula is C23H21ClN3O+. The molecule has 1 atom stereocenters. The molecule has 0 unspecified atom stereocenters. The Morgan fingerprint density at radius 3 is 2.64 bits per heavy atom. The van der Waals surface area contributed by atoms with Gasteiger partial charge < -0.3 is 5.11 Å². The van der Waals surface area contributed by atoms with E-state index in [2.05, 4.69) is 46.5 Å². The highest BCUT2D eigenvalue weighted by atomic mass is 35.5. The molecule has 5 heteroatoms. The van der Waals surface area contributed by atoms with Crippen LogP contribution in [0.25, 0.3) is 10.9 Å². The highest BCUT2D eigenvalue weighted by molar-refractivity contribution is 6.35. The van der Waals surface area contributed by atoms with E-state index in [-0.39, 0.29) is 11.8 Å². The summed E-state index contributed by atoms with van der Waals surface area (Å²) in [6.07, 6.45) is 4.49. The number of hydrogen-bond donors (Lipinski definition) is 2. The van der Waals surface area contributed by atoms with Gasteiger partial charge in [-0.05, 0) is 36.2 Å². The fourth-order valence-electron chi connectivity index (χ4n) is 3.35. The molecule has 0 bridgehead atoms. The smallest absolute Gasteiger partial charge is 0.272 e. The summed E-state index contributed by atoms with van der Waals surface area (Å²) >= 11 is 6.53. The number of phenolic OH excluding ortho intramolecular Hbond substituents is 1. The van der Waals surface area contributed by atoms with Gasteiger partial charge in [-0.15, -0.1) is 0 Å². The molecule has 0 amide bonds. The molecule has 0 spiro atoms. The van der Waals surface area contributed by atoms with E-state index < -0.39 is 0 Å². The Balaban J connectivity index is 1.87. The van der Waals surface area contributed by atoms with Crippen LogP contribution in [0.3, 0.4) is 0 Å². The minimum Gasteiger partial charge on any atom is -0.505 e. The quantitative estimate of drug-likeness (QED) is 0.494. The van der Waals surface area contributed by atoms with Crippen molar-refractivity contribution in [2.45, 2.75) is 19.4 Å². The van der Waals surface area contributed by atoms with Gasteiger partial charge in [0.05, 0.1) is 11.2 Å². The molecule has 0 aliphatic heterocycles. The third-order valence-electron chi connectivity index (χ3n) is 4.89. The molecule has 4 rings (SSSR count). The number of nitrogens with zero attached hydrogens (tertiary/aromatic N) is 1. The van der Waals surface area contributed by atoms with Crippen LogP contribution in [0, 0.1) is 0 Å². The largest absolute Gasteiger partial charge is 0.505 e. The summed E-state index contributed by atoms with van der Waals surface area (Å²) in [6.45, 7) is 2.13. The van der Waals surface area contributed by atoms with Crippen molar-refractivity contribution in [2.24, 2.45) is 0 Å². The van der Waals surface area contributed by atoms with Crippen molar-refractivity contribution < 1.29 is 10.1 Å². The third kappa shape index (κ3) is 3.51. The second-order valence-electron chi connectivity index (χ2n) is 6.64. The van der Waals surface area contributed by atoms with Gasteiger partial charge >= 0.3 is 0 Å². The fourth-order valence-corrected chi connectivity index (χ4v) is 3.62. The van der Waals surface area contributed by atoms with Gasteiger partial charge in [0, 0.05) is 28.8 Å². The van der Waals surface area contributed by atoms with Crippen molar-refractivity contribution in [1.29, 1.82) is 0 Å². The normalized spacial score (nSPS) is 12.1. The van der Waals surface area contributed by atoms with Gasteiger partial charge in [-0.25, -0.2) is 4.98 Å². The average molecular weight is 391 g/mol. The first-order valence-electron chi connectivity index (χ1n) is 9.25. The zero-order valence-electron chi connectivity index (χ0n) is 15.5. The van der Waals surface area contributed by atoms with E-state index in [1.165, 1.54) is 5.56 Å². The number of halogens is 1. The second kappa shape index (κ2) is 7.87. The second-order valence-corrected chi connectivity index (χ2v) is 7.05. The Morgan fingerprint density at radius 2 is 1.93 bits per heavy atom. The lowest BCUT2D eigenvalue weighted by Crippen LogP contribution is -2.19. The summed E-state index contributed by atoms with van der Waals surface area (Å²) in [5, 5.41) is 15.8. The van der Waals surface area contributed by atoms with E-state index in [0.29, 0.717) is 16.1 Å². The van der Waals surface area contributed by atoms with E-state index in [9.17, 15) is 5.11 Å². The molecule has 2 aromatic carbocycles. The van der Waals surface area contributed by atoms with Crippen molar-refractivity contribution in [1.82, 2.24) is 4.98 Å². The highest BCUT2D eigenvalue weighted by Gasteiger charge is 2.25. The zero-order chi connectivity index (χ0) is 19.5. The Labute approximate surface area is 168 Å². The van der Waals surface area contributed by atoms with Crippen LogP contribution in [0.1, 0.15) is 29.7 Å². The van der Waals surface area contributed by atoms with Crippen LogP contribution in [0.15, 0.2) is 73.1 Å². The molecular weight excluding hydrogens is 370 g/mol. The molecule has 2 aromatic heterocycles. The number of aromatic amines is 1. The van der Waals surface area contributed by atoms with Crippen molar-refractivity contribution in [3.05, 3.63) is 94.8 Å². The summed E-state index contributed by atoms with van der Waals surface area (Å²) in [5.41, 5.74) is 3.46. The number of fused-ring (bicyclic) bond motifs is 1. The SMILES string of the molecule is CCc1ccc([C@H](Nc2cccc[nH+]2)c2cc(Cl)c3cccnc3c2O)cc1. The molecule has 0 aliphatic carbocycles. The van der Waals surface area contributed by atoms with Gasteiger partial charge in [0.25, 0.3) is 5.82 Å². The maximum Gasteiger partial charge on any atom is 0.272 e. The van der Waals surface area contributed by atoms with Crippen LogP contribution in [-0.4, -0.2) is 10.1 Å². The van der Waals surface area contributed by atoms with Crippen molar-refractivity contribution in [3.8, 4) is 5.75 Å². The predicted molar refractivity (Wildman–Crippen MR) is 113 cm³/mol.